The molecule has 0 heterocycles. The van der Waals surface area contributed by atoms with Crippen molar-refractivity contribution >= 4 is 23.4 Å². The van der Waals surface area contributed by atoms with E-state index in [2.05, 4.69) is 5.32 Å². The Bertz CT molecular complexity index is 897. The zero-order chi connectivity index (χ0) is 22.9. The van der Waals surface area contributed by atoms with Crippen LogP contribution in [0.4, 0.5) is 0 Å². The Morgan fingerprint density at radius 1 is 1.03 bits per heavy atom. The third-order valence-electron chi connectivity index (χ3n) is 5.91. The average molecular weight is 459 g/mol. The number of hydrogen-bond donors (Lipinski definition) is 1. The normalized spacial score (nSPS) is 15.0. The number of rotatable bonds is 9. The van der Waals surface area contributed by atoms with Crippen LogP contribution in [0.1, 0.15) is 49.3 Å². The molecule has 1 N–H and O–H groups in total. The van der Waals surface area contributed by atoms with E-state index in [1.807, 2.05) is 36.4 Å². The summed E-state index contributed by atoms with van der Waals surface area (Å²) in [7, 11) is 3.18. The molecule has 7 heteroatoms. The fourth-order valence-electron chi connectivity index (χ4n) is 4.20. The highest BCUT2D eigenvalue weighted by molar-refractivity contribution is 6.27. The van der Waals surface area contributed by atoms with E-state index in [9.17, 15) is 9.59 Å². The molecule has 0 spiro atoms. The smallest absolute Gasteiger partial charge is 0.247 e. The van der Waals surface area contributed by atoms with Gasteiger partial charge in [0, 0.05) is 11.6 Å². The second-order valence-corrected chi connectivity index (χ2v) is 8.25. The Morgan fingerprint density at radius 3 is 2.34 bits per heavy atom. The lowest BCUT2D eigenvalue weighted by molar-refractivity contribution is -0.140. The van der Waals surface area contributed by atoms with Gasteiger partial charge in [-0.25, -0.2) is 0 Å². The number of ether oxygens (including phenoxy) is 2. The summed E-state index contributed by atoms with van der Waals surface area (Å²) in [6.45, 7) is 0.199. The molecule has 3 rings (SSSR count). The van der Waals surface area contributed by atoms with Gasteiger partial charge in [-0.3, -0.25) is 9.59 Å². The van der Waals surface area contributed by atoms with Crippen molar-refractivity contribution in [2.75, 3.05) is 20.1 Å². The number of carbonyl (C=O) groups is 2. The highest BCUT2D eigenvalue weighted by atomic mass is 35.5. The Kier molecular flexibility index (Phi) is 8.80. The Morgan fingerprint density at radius 2 is 1.72 bits per heavy atom. The highest BCUT2D eigenvalue weighted by Gasteiger charge is 2.33. The van der Waals surface area contributed by atoms with Crippen LogP contribution in [0, 0.1) is 0 Å². The number of methoxy groups -OCH3 is 2. The van der Waals surface area contributed by atoms with Crippen LogP contribution in [0.25, 0.3) is 0 Å². The molecular weight excluding hydrogens is 428 g/mol. The molecule has 172 valence electrons. The standard InChI is InChI=1S/C25H31ClN2O4/c1-31-21-14-12-18(13-15-21)24(25(30)27-20-9-4-3-5-10-20)28(23(29)16-26)17-19-8-6-7-11-22(19)32-2/h6-8,11-15,20,24H,3-5,9-10,16-17H2,1-2H3,(H,27,30)/t24-/m0/s1. The van der Waals surface area contributed by atoms with Gasteiger partial charge in [-0.2, -0.15) is 0 Å². The lowest BCUT2D eigenvalue weighted by Gasteiger charge is -2.33. The molecule has 2 aromatic rings. The Hall–Kier alpha value is -2.73. The number of hydrogen-bond acceptors (Lipinski definition) is 4. The number of halogens is 1. The molecular formula is C25H31ClN2O4. The summed E-state index contributed by atoms with van der Waals surface area (Å²) in [4.78, 5) is 28.1. The highest BCUT2D eigenvalue weighted by Crippen LogP contribution is 2.29. The van der Waals surface area contributed by atoms with Crippen LogP contribution in [0.5, 0.6) is 11.5 Å². The molecule has 1 atom stereocenters. The molecule has 2 amide bonds. The first kappa shape index (κ1) is 23.9. The number of nitrogens with one attached hydrogen (secondary N) is 1. The van der Waals surface area contributed by atoms with Crippen molar-refractivity contribution in [2.24, 2.45) is 0 Å². The number of nitrogens with zero attached hydrogens (tertiary/aromatic N) is 1. The summed E-state index contributed by atoms with van der Waals surface area (Å²) in [5.74, 6) is 0.590. The van der Waals surface area contributed by atoms with E-state index in [0.717, 1.165) is 31.2 Å². The van der Waals surface area contributed by atoms with Gasteiger partial charge in [0.05, 0.1) is 20.8 Å². The number of alkyl halides is 1. The monoisotopic (exact) mass is 458 g/mol. The van der Waals surface area contributed by atoms with Gasteiger partial charge in [-0.15, -0.1) is 11.6 Å². The van der Waals surface area contributed by atoms with Gasteiger partial charge < -0.3 is 19.7 Å². The van der Waals surface area contributed by atoms with Crippen molar-refractivity contribution in [3.8, 4) is 11.5 Å². The van der Waals surface area contributed by atoms with E-state index < -0.39 is 6.04 Å². The molecule has 1 aliphatic rings. The van der Waals surface area contributed by atoms with Crippen molar-refractivity contribution in [1.82, 2.24) is 10.2 Å². The van der Waals surface area contributed by atoms with Crippen LogP contribution >= 0.6 is 11.6 Å². The van der Waals surface area contributed by atoms with Crippen LogP contribution in [0.3, 0.4) is 0 Å². The molecule has 6 nitrogen and oxygen atoms in total. The lowest BCUT2D eigenvalue weighted by Crippen LogP contribution is -2.47. The SMILES string of the molecule is COc1ccc([C@@H](C(=O)NC2CCCCC2)N(Cc2ccccc2OC)C(=O)CCl)cc1. The minimum absolute atomic E-state index is 0.121. The molecule has 2 aromatic carbocycles. The fourth-order valence-corrected chi connectivity index (χ4v) is 4.36. The third kappa shape index (κ3) is 5.94. The summed E-state index contributed by atoms with van der Waals surface area (Å²) in [6, 6.07) is 14.0. The van der Waals surface area contributed by atoms with E-state index in [1.165, 1.54) is 11.3 Å². The molecule has 1 aliphatic carbocycles. The summed E-state index contributed by atoms with van der Waals surface area (Å²) < 4.78 is 10.7. The van der Waals surface area contributed by atoms with E-state index in [0.29, 0.717) is 17.1 Å². The van der Waals surface area contributed by atoms with Crippen molar-refractivity contribution in [3.05, 3.63) is 59.7 Å². The largest absolute Gasteiger partial charge is 0.497 e. The molecule has 0 saturated heterocycles. The molecule has 0 radical (unpaired) electrons. The van der Waals surface area contributed by atoms with E-state index >= 15 is 0 Å². The van der Waals surface area contributed by atoms with Gasteiger partial charge in [0.2, 0.25) is 11.8 Å². The maximum atomic E-state index is 13.6. The van der Waals surface area contributed by atoms with Gasteiger partial charge >= 0.3 is 0 Å². The zero-order valence-corrected chi connectivity index (χ0v) is 19.4. The number of carbonyl (C=O) groups excluding carboxylic acids is 2. The van der Waals surface area contributed by atoms with Gasteiger partial charge in [0.1, 0.15) is 23.4 Å². The number of benzene rings is 2. The molecule has 0 aromatic heterocycles. The average Bonchev–Trinajstić information content (AvgIpc) is 2.84. The second-order valence-electron chi connectivity index (χ2n) is 7.99. The lowest BCUT2D eigenvalue weighted by atomic mass is 9.94. The summed E-state index contributed by atoms with van der Waals surface area (Å²) in [6.07, 6.45) is 5.31. The van der Waals surface area contributed by atoms with Gasteiger partial charge in [0.15, 0.2) is 0 Å². The summed E-state index contributed by atoms with van der Waals surface area (Å²) in [5.41, 5.74) is 1.50. The van der Waals surface area contributed by atoms with Crippen molar-refractivity contribution in [3.63, 3.8) is 0 Å². The van der Waals surface area contributed by atoms with Crippen molar-refractivity contribution in [2.45, 2.75) is 50.7 Å². The van der Waals surface area contributed by atoms with E-state index in [-0.39, 0.29) is 30.3 Å². The predicted molar refractivity (Wildman–Crippen MR) is 125 cm³/mol. The van der Waals surface area contributed by atoms with Crippen molar-refractivity contribution in [1.29, 1.82) is 0 Å². The van der Waals surface area contributed by atoms with Crippen LogP contribution in [0.15, 0.2) is 48.5 Å². The second kappa shape index (κ2) is 11.8. The fraction of sp³-hybridized carbons (Fsp3) is 0.440. The maximum absolute atomic E-state index is 13.6. The van der Waals surface area contributed by atoms with Gasteiger partial charge in [-0.05, 0) is 36.6 Å². The summed E-state index contributed by atoms with van der Waals surface area (Å²) in [5, 5.41) is 3.18. The van der Waals surface area contributed by atoms with E-state index in [1.54, 1.807) is 26.4 Å². The maximum Gasteiger partial charge on any atom is 0.247 e. The topological polar surface area (TPSA) is 67.9 Å². The minimum Gasteiger partial charge on any atom is -0.497 e. The Balaban J connectivity index is 1.97. The molecule has 1 saturated carbocycles. The number of para-hydroxylation sites is 1. The molecule has 0 bridgehead atoms. The van der Waals surface area contributed by atoms with Crippen LogP contribution < -0.4 is 14.8 Å². The quantitative estimate of drug-likeness (QED) is 0.563. The van der Waals surface area contributed by atoms with Crippen LogP contribution in [0.2, 0.25) is 0 Å². The third-order valence-corrected chi connectivity index (χ3v) is 6.14. The molecule has 1 fully saturated rings. The first-order valence-corrected chi connectivity index (χ1v) is 11.5. The first-order valence-electron chi connectivity index (χ1n) is 11.0. The molecule has 0 aliphatic heterocycles. The van der Waals surface area contributed by atoms with Crippen LogP contribution in [-0.2, 0) is 16.1 Å². The number of amides is 2. The van der Waals surface area contributed by atoms with Gasteiger partial charge in [-0.1, -0.05) is 49.6 Å². The Labute approximate surface area is 194 Å². The zero-order valence-electron chi connectivity index (χ0n) is 18.7. The summed E-state index contributed by atoms with van der Waals surface area (Å²) >= 11 is 5.99. The first-order chi connectivity index (χ1) is 15.6. The van der Waals surface area contributed by atoms with Gasteiger partial charge in [0.25, 0.3) is 0 Å². The minimum atomic E-state index is -0.820. The predicted octanol–water partition coefficient (Wildman–Crippen LogP) is 4.46. The van der Waals surface area contributed by atoms with Crippen molar-refractivity contribution < 1.29 is 19.1 Å². The van der Waals surface area contributed by atoms with Crippen LogP contribution in [-0.4, -0.2) is 42.9 Å². The molecule has 32 heavy (non-hydrogen) atoms. The molecule has 0 unspecified atom stereocenters. The van der Waals surface area contributed by atoms with E-state index in [4.69, 9.17) is 21.1 Å².